The van der Waals surface area contributed by atoms with Crippen molar-refractivity contribution in [3.63, 3.8) is 0 Å². The maximum Gasteiger partial charge on any atom is 0.323 e. The van der Waals surface area contributed by atoms with Gasteiger partial charge in [-0.05, 0) is 24.8 Å². The van der Waals surface area contributed by atoms with Crippen molar-refractivity contribution in [1.29, 1.82) is 0 Å². The number of aliphatic carboxylic acids is 1. The molecule has 2 amide bonds. The fraction of sp³-hybridized carbons (Fsp3) is 0.550. The van der Waals surface area contributed by atoms with E-state index in [2.05, 4.69) is 4.72 Å². The summed E-state index contributed by atoms with van der Waals surface area (Å²) in [7, 11) is 0. The first-order valence-electron chi connectivity index (χ1n) is 9.70. The van der Waals surface area contributed by atoms with Crippen LogP contribution in [0, 0.1) is 0 Å². The molecular formula is C20H29N3O4S. The van der Waals surface area contributed by atoms with Crippen LogP contribution >= 0.6 is 11.9 Å². The third-order valence-electron chi connectivity index (χ3n) is 4.57. The minimum absolute atomic E-state index is 0.0421. The van der Waals surface area contributed by atoms with Gasteiger partial charge in [-0.25, -0.2) is 0 Å². The second-order valence-electron chi connectivity index (χ2n) is 6.89. The van der Waals surface area contributed by atoms with Gasteiger partial charge in [0.2, 0.25) is 11.8 Å². The highest BCUT2D eigenvalue weighted by Crippen LogP contribution is 2.15. The Morgan fingerprint density at radius 1 is 1.21 bits per heavy atom. The second-order valence-corrected chi connectivity index (χ2v) is 7.70. The zero-order chi connectivity index (χ0) is 20.4. The summed E-state index contributed by atoms with van der Waals surface area (Å²) in [6.45, 7) is 3.34. The largest absolute Gasteiger partial charge is 0.480 e. The van der Waals surface area contributed by atoms with Crippen LogP contribution < -0.4 is 4.72 Å². The predicted molar refractivity (Wildman–Crippen MR) is 110 cm³/mol. The van der Waals surface area contributed by atoms with Crippen LogP contribution in [0.3, 0.4) is 0 Å². The lowest BCUT2D eigenvalue weighted by atomic mass is 10.1. The summed E-state index contributed by atoms with van der Waals surface area (Å²) in [5.41, 5.74) is 1.10. The molecule has 2 rings (SSSR count). The van der Waals surface area contributed by atoms with Gasteiger partial charge in [0.05, 0.1) is 6.42 Å². The van der Waals surface area contributed by atoms with Crippen molar-refractivity contribution in [2.75, 3.05) is 26.2 Å². The minimum atomic E-state index is -1.05. The summed E-state index contributed by atoms with van der Waals surface area (Å²) >= 11 is 1.37. The summed E-state index contributed by atoms with van der Waals surface area (Å²) < 4.78 is 3.12. The zero-order valence-corrected chi connectivity index (χ0v) is 17.1. The van der Waals surface area contributed by atoms with Gasteiger partial charge in [-0.1, -0.05) is 49.2 Å². The Balaban J connectivity index is 2.03. The van der Waals surface area contributed by atoms with E-state index in [4.69, 9.17) is 5.11 Å². The van der Waals surface area contributed by atoms with Crippen molar-refractivity contribution in [3.05, 3.63) is 35.9 Å². The molecule has 0 spiro atoms. The van der Waals surface area contributed by atoms with Crippen LogP contribution in [-0.2, 0) is 20.1 Å². The minimum Gasteiger partial charge on any atom is -0.480 e. The standard InChI is InChI=1S/C20H29N3O4S/c1-2-10-23(14-19(25)26)20(27)17(13-18(24)22-11-6-7-12-22)21-28-15-16-8-4-3-5-9-16/h3-5,8-9,17,21H,2,6-7,10-15H2,1H3,(H,25,26). The first-order valence-corrected chi connectivity index (χ1v) is 10.7. The van der Waals surface area contributed by atoms with Crippen LogP contribution in [0.2, 0.25) is 0 Å². The quantitative estimate of drug-likeness (QED) is 0.546. The molecule has 1 aromatic carbocycles. The number of nitrogens with one attached hydrogen (secondary N) is 1. The van der Waals surface area contributed by atoms with Gasteiger partial charge < -0.3 is 14.9 Å². The maximum atomic E-state index is 13.0. The molecule has 1 aliphatic heterocycles. The summed E-state index contributed by atoms with van der Waals surface area (Å²) in [6.07, 6.45) is 2.67. The normalized spacial score (nSPS) is 14.7. The smallest absolute Gasteiger partial charge is 0.323 e. The molecule has 1 aromatic rings. The van der Waals surface area contributed by atoms with Crippen molar-refractivity contribution < 1.29 is 19.5 Å². The fourth-order valence-electron chi connectivity index (χ4n) is 3.17. The second kappa shape index (κ2) is 11.7. The first-order chi connectivity index (χ1) is 13.5. The van der Waals surface area contributed by atoms with E-state index in [1.54, 1.807) is 4.90 Å². The van der Waals surface area contributed by atoms with E-state index < -0.39 is 12.0 Å². The number of carbonyl (C=O) groups is 3. The molecule has 1 unspecified atom stereocenters. The molecule has 1 aliphatic rings. The maximum absolute atomic E-state index is 13.0. The van der Waals surface area contributed by atoms with Crippen LogP contribution in [0.25, 0.3) is 0 Å². The SMILES string of the molecule is CCCN(CC(=O)O)C(=O)C(CC(=O)N1CCCC1)NSCc1ccccc1. The Labute approximate surface area is 170 Å². The molecule has 1 heterocycles. The average Bonchev–Trinajstić information content (AvgIpc) is 3.22. The third kappa shape index (κ3) is 7.16. The summed E-state index contributed by atoms with van der Waals surface area (Å²) in [4.78, 5) is 39.8. The van der Waals surface area contributed by atoms with E-state index in [-0.39, 0.29) is 24.8 Å². The molecule has 154 valence electrons. The average molecular weight is 408 g/mol. The molecule has 1 atom stereocenters. The molecule has 8 heteroatoms. The number of benzene rings is 1. The number of carbonyl (C=O) groups excluding carboxylic acids is 2. The monoisotopic (exact) mass is 407 g/mol. The zero-order valence-electron chi connectivity index (χ0n) is 16.3. The molecule has 1 fully saturated rings. The van der Waals surface area contributed by atoms with Crippen molar-refractivity contribution >= 4 is 29.7 Å². The molecule has 0 bridgehead atoms. The lowest BCUT2D eigenvalue weighted by Gasteiger charge is -2.27. The molecule has 7 nitrogen and oxygen atoms in total. The molecule has 0 aromatic heterocycles. The number of carboxylic acid groups (broad SMARTS) is 1. The van der Waals surface area contributed by atoms with Gasteiger partial charge in [-0.3, -0.25) is 19.1 Å². The molecular weight excluding hydrogens is 378 g/mol. The third-order valence-corrected chi connectivity index (χ3v) is 5.50. The van der Waals surface area contributed by atoms with Crippen LogP contribution in [0.4, 0.5) is 0 Å². The van der Waals surface area contributed by atoms with Gasteiger partial charge in [0, 0.05) is 25.4 Å². The van der Waals surface area contributed by atoms with Crippen molar-refractivity contribution in [3.8, 4) is 0 Å². The highest BCUT2D eigenvalue weighted by molar-refractivity contribution is 7.96. The predicted octanol–water partition coefficient (Wildman–Crippen LogP) is 2.13. The van der Waals surface area contributed by atoms with Crippen molar-refractivity contribution in [2.24, 2.45) is 0 Å². The number of amides is 2. The topological polar surface area (TPSA) is 90.0 Å². The summed E-state index contributed by atoms with van der Waals surface area (Å²) in [5.74, 6) is -0.800. The molecule has 0 aliphatic carbocycles. The van der Waals surface area contributed by atoms with Gasteiger partial charge >= 0.3 is 5.97 Å². The van der Waals surface area contributed by atoms with Crippen LogP contribution in [0.15, 0.2) is 30.3 Å². The van der Waals surface area contributed by atoms with Crippen LogP contribution in [0.5, 0.6) is 0 Å². The molecule has 28 heavy (non-hydrogen) atoms. The number of rotatable bonds is 11. The molecule has 0 saturated carbocycles. The van der Waals surface area contributed by atoms with E-state index in [0.29, 0.717) is 18.7 Å². The van der Waals surface area contributed by atoms with E-state index in [1.165, 1.54) is 16.8 Å². The number of nitrogens with zero attached hydrogens (tertiary/aromatic N) is 2. The van der Waals surface area contributed by atoms with Crippen molar-refractivity contribution in [2.45, 2.75) is 44.4 Å². The van der Waals surface area contributed by atoms with Gasteiger partial charge in [-0.2, -0.15) is 0 Å². The molecule has 2 N–H and O–H groups in total. The van der Waals surface area contributed by atoms with Crippen LogP contribution in [0.1, 0.15) is 38.2 Å². The van der Waals surface area contributed by atoms with Gasteiger partial charge in [0.1, 0.15) is 12.6 Å². The Hall–Kier alpha value is -2.06. The van der Waals surface area contributed by atoms with E-state index in [9.17, 15) is 14.4 Å². The summed E-state index contributed by atoms with van der Waals surface area (Å²) in [6, 6.07) is 9.09. The Morgan fingerprint density at radius 3 is 2.50 bits per heavy atom. The van der Waals surface area contributed by atoms with E-state index >= 15 is 0 Å². The summed E-state index contributed by atoms with van der Waals surface area (Å²) in [5, 5.41) is 9.13. The lowest BCUT2D eigenvalue weighted by Crippen LogP contribution is -2.49. The Morgan fingerprint density at radius 2 is 1.89 bits per heavy atom. The Kier molecular flexibility index (Phi) is 9.30. The van der Waals surface area contributed by atoms with Gasteiger partial charge in [0.15, 0.2) is 0 Å². The molecule has 1 saturated heterocycles. The molecule has 0 radical (unpaired) electrons. The number of hydrogen-bond acceptors (Lipinski definition) is 5. The highest BCUT2D eigenvalue weighted by atomic mass is 32.2. The van der Waals surface area contributed by atoms with Crippen molar-refractivity contribution in [1.82, 2.24) is 14.5 Å². The lowest BCUT2D eigenvalue weighted by molar-refractivity contribution is -0.146. The highest BCUT2D eigenvalue weighted by Gasteiger charge is 2.30. The van der Waals surface area contributed by atoms with Gasteiger partial charge in [0.25, 0.3) is 0 Å². The number of carboxylic acids is 1. The van der Waals surface area contributed by atoms with Crippen LogP contribution in [-0.4, -0.2) is 64.9 Å². The number of hydrogen-bond donors (Lipinski definition) is 2. The Bertz CT molecular complexity index is 650. The fourth-order valence-corrected chi connectivity index (χ4v) is 4.00. The van der Waals surface area contributed by atoms with E-state index in [1.807, 2.05) is 37.3 Å². The first kappa shape index (κ1) is 22.2. The van der Waals surface area contributed by atoms with E-state index in [0.717, 1.165) is 31.5 Å². The van der Waals surface area contributed by atoms with Gasteiger partial charge in [-0.15, -0.1) is 0 Å². The number of likely N-dealkylation sites (tertiary alicyclic amines) is 1.